The highest BCUT2D eigenvalue weighted by molar-refractivity contribution is 6.01. The second kappa shape index (κ2) is 48.5. The lowest BCUT2D eigenvalue weighted by atomic mass is 9.99. The van der Waals surface area contributed by atoms with Crippen LogP contribution in [0.1, 0.15) is 125 Å². The zero-order valence-corrected chi connectivity index (χ0v) is 73.5. The zero-order valence-electron chi connectivity index (χ0n) is 73.5. The Morgan fingerprint density at radius 2 is 0.672 bits per heavy atom. The molecule has 5 heterocycles. The van der Waals surface area contributed by atoms with Gasteiger partial charge in [-0.05, 0) is 135 Å². The number of guanidine groups is 4. The van der Waals surface area contributed by atoms with Gasteiger partial charge in [0.1, 0.15) is 66.5 Å². The van der Waals surface area contributed by atoms with Gasteiger partial charge in [0, 0.05) is 123 Å². The molecule has 0 unspecified atom stereocenters. The van der Waals surface area contributed by atoms with Crippen molar-refractivity contribution < 1.29 is 62.6 Å². The minimum absolute atomic E-state index is 0.00659. The molecule has 0 aliphatic carbocycles. The van der Waals surface area contributed by atoms with Crippen LogP contribution in [0.5, 0.6) is 0 Å². The highest BCUT2D eigenvalue weighted by Gasteiger charge is 2.44. The minimum Gasteiger partial charge on any atom is -0.480 e. The standard InChI is InChI=1S/C91H123N27O13/c1-52(2)43-68(79(122)109-66(33-17-39-103-90(97)98)77(120)110-67(87(130)131)34-18-40-104-91(99)100)111-80(123)69(44-53-21-5-3-6-22-53)113-83(126)74-35-20-42-118(74)86(129)73(48-57-51-107-64-31-14-11-27-60(57)64)116-82(125)70(46-55-49-105-62-29-12-9-25-58(55)62)112-81(124)71(47-56-50-106-63-30-13-10-26-59(56)63)114-84(127)75-36-19-41-117(75)85(128)72(45-54-23-7-4-8-24-54)115-78(121)65(32-16-38-102-89(95)96)108-76(119)61(92)28-15-37-101-88(93)94/h3-14,21-27,29-31,49-52,61,65-75,105-107H,15-20,28,32-48,92H2,1-2H3,(H,108,119)(H,109,122)(H,110,120)(H,111,123)(H,112,124)(H,113,126)(H,114,127)(H,115,121)(H,116,125)(H,130,131)(H4,93,94,101)(H4,95,96,102)(H4,97,98,103)(H4,99,100,104)/t61-,65-,66-,67-,68-,69-,70-,71-,72-,73-,74-,75-/m0/s1. The maximum atomic E-state index is 16.0. The number of hydrogen-bond donors (Lipinski definition) is 26. The van der Waals surface area contributed by atoms with E-state index in [0.29, 0.717) is 79.8 Å². The summed E-state index contributed by atoms with van der Waals surface area (Å²) in [5, 5.41) is 78.7. The van der Waals surface area contributed by atoms with Gasteiger partial charge in [0.2, 0.25) is 65.0 Å². The van der Waals surface area contributed by atoms with Crippen molar-refractivity contribution in [2.24, 2.45) is 34.6 Å². The molecule has 8 aromatic rings. The number of likely N-dealkylation sites (tertiary alicyclic amines) is 2. The third kappa shape index (κ3) is 29.2. The number of fused-ring (bicyclic) bond motifs is 3. The van der Waals surface area contributed by atoms with Crippen molar-refractivity contribution in [2.45, 2.75) is 202 Å². The first-order chi connectivity index (χ1) is 62.9. The lowest BCUT2D eigenvalue weighted by Crippen LogP contribution is -2.61. The number of nitrogens with zero attached hydrogens (tertiary/aromatic N) is 2. The van der Waals surface area contributed by atoms with E-state index in [-0.39, 0.29) is 165 Å². The van der Waals surface area contributed by atoms with E-state index in [1.54, 1.807) is 93.1 Å². The molecule has 11 amide bonds. The summed E-state index contributed by atoms with van der Waals surface area (Å²) < 4.78 is 0. The fourth-order valence-electron chi connectivity index (χ4n) is 16.5. The number of nitrogens with two attached hydrogens (primary N) is 5. The van der Waals surface area contributed by atoms with Crippen LogP contribution in [-0.2, 0) is 89.6 Å². The quantitative estimate of drug-likeness (QED) is 0.0140. The lowest BCUT2D eigenvalue weighted by molar-refractivity contribution is -0.143. The summed E-state index contributed by atoms with van der Waals surface area (Å²) in [5.41, 5.74) is 33.4. The Hall–Kier alpha value is -14.6. The summed E-state index contributed by atoms with van der Waals surface area (Å²) in [6.07, 6.45) is 6.19. The Balaban J connectivity index is 0.926. The van der Waals surface area contributed by atoms with Gasteiger partial charge in [0.05, 0.1) is 6.04 Å². The molecule has 131 heavy (non-hydrogen) atoms. The first-order valence-electron chi connectivity index (χ1n) is 44.2. The van der Waals surface area contributed by atoms with E-state index in [1.807, 2.05) is 72.8 Å². The van der Waals surface area contributed by atoms with Crippen LogP contribution in [0.15, 0.2) is 152 Å². The lowest BCUT2D eigenvalue weighted by Gasteiger charge is -2.32. The summed E-state index contributed by atoms with van der Waals surface area (Å²) in [4.78, 5) is 192. The van der Waals surface area contributed by atoms with Crippen LogP contribution < -0.4 is 97.8 Å². The van der Waals surface area contributed by atoms with Gasteiger partial charge in [-0.1, -0.05) is 129 Å². The van der Waals surface area contributed by atoms with Crippen LogP contribution in [0, 0.1) is 27.6 Å². The molecule has 2 saturated heterocycles. The SMILES string of the molecule is CC(C)C[C@H](NC(=O)[C@H](Cc1ccccc1)NC(=O)[C@@H]1CCCN1C(=O)[C@H](Cc1c[nH]c2ccccc12)NC(=O)[C@H](Cc1c[nH]c2ccccc12)NC(=O)[C@H](Cc1c[nH]c2ccccc12)NC(=O)[C@@H]1CCCN1C(=O)[C@H](Cc1ccccc1)NC(=O)[C@H](CCCNC(=N)N)NC(=O)[C@@H](N)CCCNC(=N)N)C(=O)N[C@@H](CCCNC(=N)N)C(=O)N[C@@H](CCCNC(=N)N)C(=O)O. The molecule has 0 bridgehead atoms. The molecule has 700 valence electrons. The molecule has 12 atom stereocenters. The van der Waals surface area contributed by atoms with Crippen molar-refractivity contribution in [2.75, 3.05) is 39.3 Å². The molecule has 0 spiro atoms. The Labute approximate surface area is 757 Å². The number of aliphatic carboxylic acids is 1. The number of hydrogen-bond acceptors (Lipinski definition) is 17. The number of nitrogens with one attached hydrogen (secondary N) is 20. The van der Waals surface area contributed by atoms with Gasteiger partial charge >= 0.3 is 5.97 Å². The topological polar surface area (TPSA) is 661 Å². The van der Waals surface area contributed by atoms with E-state index in [4.69, 9.17) is 50.3 Å². The first-order valence-corrected chi connectivity index (χ1v) is 44.2. The normalized spacial score (nSPS) is 15.9. The average Bonchev–Trinajstić information content (AvgIpc) is 1.69. The smallest absolute Gasteiger partial charge is 0.326 e. The van der Waals surface area contributed by atoms with Gasteiger partial charge in [-0.3, -0.25) is 74.4 Å². The fraction of sp³-hybridized carbons (Fsp3) is 0.429. The van der Waals surface area contributed by atoms with Crippen molar-refractivity contribution >= 4 is 127 Å². The van der Waals surface area contributed by atoms with Gasteiger partial charge < -0.3 is 128 Å². The monoisotopic (exact) mass is 1800 g/mol. The number of carbonyl (C=O) groups is 12. The number of carboxylic acids is 1. The molecule has 10 rings (SSSR count). The number of aromatic nitrogens is 3. The Kier molecular flexibility index (Phi) is 36.5. The van der Waals surface area contributed by atoms with Crippen molar-refractivity contribution in [3.63, 3.8) is 0 Å². The van der Waals surface area contributed by atoms with E-state index in [0.717, 1.165) is 0 Å². The molecule has 40 heteroatoms. The molecule has 2 aliphatic rings. The summed E-state index contributed by atoms with van der Waals surface area (Å²) in [5.74, 6) is -11.3. The number of carbonyl (C=O) groups excluding carboxylic acids is 11. The second-order valence-corrected chi connectivity index (χ2v) is 33.5. The fourth-order valence-corrected chi connectivity index (χ4v) is 16.5. The number of carboxylic acid groups (broad SMARTS) is 1. The van der Waals surface area contributed by atoms with Gasteiger partial charge in [0.15, 0.2) is 23.8 Å². The molecule has 5 aromatic carbocycles. The van der Waals surface area contributed by atoms with Crippen LogP contribution >= 0.6 is 0 Å². The number of aromatic amines is 3. The number of amides is 11. The molecular weight excluding hydrogens is 1680 g/mol. The molecule has 3 aromatic heterocycles. The maximum absolute atomic E-state index is 16.0. The molecule has 0 saturated carbocycles. The third-order valence-corrected chi connectivity index (χ3v) is 23.2. The number of benzene rings is 5. The van der Waals surface area contributed by atoms with Gasteiger partial charge in [-0.2, -0.15) is 0 Å². The first kappa shape index (κ1) is 98.6. The zero-order chi connectivity index (χ0) is 94.2. The molecule has 2 fully saturated rings. The minimum atomic E-state index is -1.53. The van der Waals surface area contributed by atoms with Crippen LogP contribution in [0.25, 0.3) is 32.7 Å². The van der Waals surface area contributed by atoms with Crippen molar-refractivity contribution in [1.82, 2.24) is 93.9 Å². The van der Waals surface area contributed by atoms with Crippen molar-refractivity contribution in [3.8, 4) is 0 Å². The summed E-state index contributed by atoms with van der Waals surface area (Å²) >= 11 is 0. The molecular formula is C91H123N27O13. The Bertz CT molecular complexity index is 5330. The molecule has 0 radical (unpaired) electrons. The average molecular weight is 1800 g/mol. The molecule has 2 aliphatic heterocycles. The number of rotatable bonds is 49. The molecule has 40 nitrogen and oxygen atoms in total. The Morgan fingerprint density at radius 1 is 0.374 bits per heavy atom. The van der Waals surface area contributed by atoms with E-state index >= 15 is 33.6 Å². The van der Waals surface area contributed by atoms with Crippen LogP contribution in [0.3, 0.4) is 0 Å². The van der Waals surface area contributed by atoms with Crippen LogP contribution in [0.4, 0.5) is 0 Å². The summed E-state index contributed by atoms with van der Waals surface area (Å²) in [6, 6.07) is 23.3. The largest absolute Gasteiger partial charge is 0.480 e. The van der Waals surface area contributed by atoms with Gasteiger partial charge in [-0.15, -0.1) is 0 Å². The summed E-state index contributed by atoms with van der Waals surface area (Å²) in [6.45, 7) is 4.30. The Morgan fingerprint density at radius 3 is 1.07 bits per heavy atom. The highest BCUT2D eigenvalue weighted by Crippen LogP contribution is 2.28. The van der Waals surface area contributed by atoms with Crippen LogP contribution in [0.2, 0.25) is 0 Å². The van der Waals surface area contributed by atoms with E-state index in [9.17, 15) is 29.1 Å². The highest BCUT2D eigenvalue weighted by atomic mass is 16.4. The summed E-state index contributed by atoms with van der Waals surface area (Å²) in [7, 11) is 0. The van der Waals surface area contributed by atoms with Crippen molar-refractivity contribution in [3.05, 3.63) is 180 Å². The van der Waals surface area contributed by atoms with Crippen LogP contribution in [-0.4, -0.2) is 236 Å². The number of para-hydroxylation sites is 3. The maximum Gasteiger partial charge on any atom is 0.326 e. The predicted molar refractivity (Wildman–Crippen MR) is 495 cm³/mol. The van der Waals surface area contributed by atoms with Gasteiger partial charge in [0.25, 0.3) is 0 Å². The predicted octanol–water partition coefficient (Wildman–Crippen LogP) is 0.500. The van der Waals surface area contributed by atoms with E-state index in [1.165, 1.54) is 9.80 Å². The van der Waals surface area contributed by atoms with E-state index in [2.05, 4.69) is 84.1 Å². The van der Waals surface area contributed by atoms with Gasteiger partial charge in [-0.25, -0.2) is 4.79 Å². The number of H-pyrrole nitrogens is 3. The third-order valence-electron chi connectivity index (χ3n) is 23.2. The van der Waals surface area contributed by atoms with Crippen molar-refractivity contribution in [1.29, 1.82) is 21.6 Å². The molecule has 31 N–H and O–H groups in total. The van der Waals surface area contributed by atoms with E-state index < -0.39 is 143 Å². The second-order valence-electron chi connectivity index (χ2n) is 33.5.